The van der Waals surface area contributed by atoms with Gasteiger partial charge in [0.25, 0.3) is 0 Å². The zero-order valence-electron chi connectivity index (χ0n) is 14.3. The van der Waals surface area contributed by atoms with Gasteiger partial charge in [-0.15, -0.1) is 0 Å². The number of hydrogen-bond acceptors (Lipinski definition) is 6. The predicted octanol–water partition coefficient (Wildman–Crippen LogP) is 1.52. The Bertz CT molecular complexity index is 488. The first-order valence-corrected chi connectivity index (χ1v) is 8.43. The van der Waals surface area contributed by atoms with Crippen LogP contribution < -0.4 is 10.2 Å². The van der Waals surface area contributed by atoms with Gasteiger partial charge in [-0.25, -0.2) is 9.97 Å². The van der Waals surface area contributed by atoms with Crippen molar-refractivity contribution in [2.45, 2.75) is 26.7 Å². The molecule has 1 aliphatic heterocycles. The molecule has 0 saturated carbocycles. The summed E-state index contributed by atoms with van der Waals surface area (Å²) in [5.74, 6) is 0.838. The van der Waals surface area contributed by atoms with Crippen LogP contribution in [0.3, 0.4) is 0 Å². The maximum atomic E-state index is 8.69. The van der Waals surface area contributed by atoms with Gasteiger partial charge in [0.15, 0.2) is 0 Å². The Hall–Kier alpha value is -1.71. The van der Waals surface area contributed by atoms with E-state index in [0.717, 1.165) is 58.2 Å². The molecule has 1 fully saturated rings. The highest BCUT2D eigenvalue weighted by atomic mass is 15.3. The van der Waals surface area contributed by atoms with Crippen LogP contribution >= 0.6 is 0 Å². The van der Waals surface area contributed by atoms with Crippen LogP contribution in [0.5, 0.6) is 0 Å². The lowest BCUT2D eigenvalue weighted by molar-refractivity contribution is 0.246. The molecule has 1 aromatic rings. The summed E-state index contributed by atoms with van der Waals surface area (Å²) in [6.07, 6.45) is 5.18. The fourth-order valence-electron chi connectivity index (χ4n) is 2.77. The number of hydrogen-bond donors (Lipinski definition) is 1. The minimum absolute atomic E-state index is 0.194. The van der Waals surface area contributed by atoms with Crippen molar-refractivity contribution in [2.75, 3.05) is 50.7 Å². The molecule has 2 rings (SSSR count). The van der Waals surface area contributed by atoms with E-state index < -0.39 is 0 Å². The van der Waals surface area contributed by atoms with Crippen LogP contribution in [0.15, 0.2) is 18.5 Å². The highest BCUT2D eigenvalue weighted by Crippen LogP contribution is 2.20. The fraction of sp³-hybridized carbons (Fsp3) is 0.706. The Balaban J connectivity index is 1.61. The van der Waals surface area contributed by atoms with Gasteiger partial charge in [0.1, 0.15) is 0 Å². The summed E-state index contributed by atoms with van der Waals surface area (Å²) in [7, 11) is 0. The van der Waals surface area contributed by atoms with E-state index in [1.165, 1.54) is 0 Å². The quantitative estimate of drug-likeness (QED) is 0.733. The summed E-state index contributed by atoms with van der Waals surface area (Å²) in [6.45, 7) is 11.5. The standard InChI is InChI=1S/C17H28N6/c1-17(2,5-3-6-18)15-19-9-10-22-11-13-23(14-12-22)16-20-7-4-8-21-16/h4,7-8,19H,3,5,9-15H2,1-2H3. The second-order valence-electron chi connectivity index (χ2n) is 6.88. The van der Waals surface area contributed by atoms with E-state index in [1.807, 2.05) is 6.07 Å². The molecule has 23 heavy (non-hydrogen) atoms. The maximum Gasteiger partial charge on any atom is 0.225 e. The molecular formula is C17H28N6. The average Bonchev–Trinajstić information content (AvgIpc) is 2.58. The normalized spacial score (nSPS) is 16.3. The molecule has 2 heterocycles. The zero-order chi connectivity index (χ0) is 16.5. The third kappa shape index (κ3) is 6.12. The van der Waals surface area contributed by atoms with E-state index >= 15 is 0 Å². The SMILES string of the molecule is CC(C)(CCC#N)CNCCN1CCN(c2ncccn2)CC1. The van der Waals surface area contributed by atoms with Gasteiger partial charge >= 0.3 is 0 Å². The molecule has 1 N–H and O–H groups in total. The molecule has 0 bridgehead atoms. The van der Waals surface area contributed by atoms with E-state index in [4.69, 9.17) is 5.26 Å². The van der Waals surface area contributed by atoms with Crippen molar-refractivity contribution >= 4 is 5.95 Å². The molecule has 6 nitrogen and oxygen atoms in total. The lowest BCUT2D eigenvalue weighted by atomic mass is 9.88. The maximum absolute atomic E-state index is 8.69. The summed E-state index contributed by atoms with van der Waals surface area (Å²) in [6, 6.07) is 4.08. The number of rotatable bonds is 8. The van der Waals surface area contributed by atoms with Crippen LogP contribution in [0.4, 0.5) is 5.95 Å². The van der Waals surface area contributed by atoms with Crippen molar-refractivity contribution in [1.82, 2.24) is 20.2 Å². The summed E-state index contributed by atoms with van der Waals surface area (Å²) < 4.78 is 0. The molecule has 0 spiro atoms. The highest BCUT2D eigenvalue weighted by Gasteiger charge is 2.19. The highest BCUT2D eigenvalue weighted by molar-refractivity contribution is 5.29. The van der Waals surface area contributed by atoms with Gasteiger partial charge in [0.05, 0.1) is 6.07 Å². The largest absolute Gasteiger partial charge is 0.338 e. The van der Waals surface area contributed by atoms with E-state index in [2.05, 4.69) is 45.0 Å². The van der Waals surface area contributed by atoms with Crippen molar-refractivity contribution in [3.63, 3.8) is 0 Å². The van der Waals surface area contributed by atoms with Crippen molar-refractivity contribution in [3.8, 4) is 6.07 Å². The van der Waals surface area contributed by atoms with Crippen molar-refractivity contribution in [3.05, 3.63) is 18.5 Å². The summed E-state index contributed by atoms with van der Waals surface area (Å²) in [4.78, 5) is 13.4. The van der Waals surface area contributed by atoms with E-state index in [9.17, 15) is 0 Å². The Morgan fingerprint density at radius 1 is 1.22 bits per heavy atom. The first kappa shape index (κ1) is 17.6. The smallest absolute Gasteiger partial charge is 0.225 e. The molecule has 6 heteroatoms. The Morgan fingerprint density at radius 3 is 2.57 bits per heavy atom. The van der Waals surface area contributed by atoms with Crippen LogP contribution in [-0.2, 0) is 0 Å². The molecule has 0 aliphatic carbocycles. The molecule has 0 unspecified atom stereocenters. The zero-order valence-corrected chi connectivity index (χ0v) is 14.3. The third-order valence-electron chi connectivity index (χ3n) is 4.33. The number of piperazine rings is 1. The fourth-order valence-corrected chi connectivity index (χ4v) is 2.77. The molecular weight excluding hydrogens is 288 g/mol. The van der Waals surface area contributed by atoms with Crippen LogP contribution in [0.1, 0.15) is 26.7 Å². The summed E-state index contributed by atoms with van der Waals surface area (Å²) in [5, 5.41) is 12.2. The Labute approximate surface area is 139 Å². The van der Waals surface area contributed by atoms with Gasteiger partial charge in [0.2, 0.25) is 5.95 Å². The van der Waals surface area contributed by atoms with E-state index in [-0.39, 0.29) is 5.41 Å². The molecule has 1 aromatic heterocycles. The predicted molar refractivity (Wildman–Crippen MR) is 92.2 cm³/mol. The first-order chi connectivity index (χ1) is 11.1. The first-order valence-electron chi connectivity index (χ1n) is 8.43. The number of nitrogens with zero attached hydrogens (tertiary/aromatic N) is 5. The monoisotopic (exact) mass is 316 g/mol. The molecule has 0 radical (unpaired) electrons. The van der Waals surface area contributed by atoms with Crippen LogP contribution in [-0.4, -0.2) is 60.7 Å². The number of nitrogens with one attached hydrogen (secondary N) is 1. The van der Waals surface area contributed by atoms with Gasteiger partial charge in [0, 0.05) is 64.6 Å². The third-order valence-corrected chi connectivity index (χ3v) is 4.33. The lowest BCUT2D eigenvalue weighted by Gasteiger charge is -2.35. The number of nitriles is 1. The molecule has 0 amide bonds. The molecule has 126 valence electrons. The van der Waals surface area contributed by atoms with Crippen molar-refractivity contribution < 1.29 is 0 Å². The number of aromatic nitrogens is 2. The molecule has 0 aromatic carbocycles. The minimum Gasteiger partial charge on any atom is -0.338 e. The van der Waals surface area contributed by atoms with Crippen LogP contribution in [0, 0.1) is 16.7 Å². The Kier molecular flexibility index (Phi) is 6.75. The van der Waals surface area contributed by atoms with Gasteiger partial charge in [-0.1, -0.05) is 13.8 Å². The van der Waals surface area contributed by atoms with Gasteiger partial charge < -0.3 is 10.2 Å². The summed E-state index contributed by atoms with van der Waals surface area (Å²) >= 11 is 0. The molecule has 1 saturated heterocycles. The average molecular weight is 316 g/mol. The van der Waals surface area contributed by atoms with E-state index in [1.54, 1.807) is 12.4 Å². The topological polar surface area (TPSA) is 68.1 Å². The van der Waals surface area contributed by atoms with Crippen LogP contribution in [0.25, 0.3) is 0 Å². The van der Waals surface area contributed by atoms with Gasteiger partial charge in [-0.2, -0.15) is 5.26 Å². The minimum atomic E-state index is 0.194. The second-order valence-corrected chi connectivity index (χ2v) is 6.88. The Morgan fingerprint density at radius 2 is 1.91 bits per heavy atom. The van der Waals surface area contributed by atoms with Crippen molar-refractivity contribution in [1.29, 1.82) is 5.26 Å². The lowest BCUT2D eigenvalue weighted by Crippen LogP contribution is -2.49. The van der Waals surface area contributed by atoms with Gasteiger partial charge in [-0.05, 0) is 17.9 Å². The van der Waals surface area contributed by atoms with Crippen LogP contribution in [0.2, 0.25) is 0 Å². The summed E-state index contributed by atoms with van der Waals surface area (Å²) in [5.41, 5.74) is 0.194. The second kappa shape index (κ2) is 8.80. The molecule has 1 aliphatic rings. The van der Waals surface area contributed by atoms with Gasteiger partial charge in [-0.3, -0.25) is 4.90 Å². The molecule has 0 atom stereocenters. The van der Waals surface area contributed by atoms with Crippen molar-refractivity contribution in [2.24, 2.45) is 5.41 Å². The number of anilines is 1. The van der Waals surface area contributed by atoms with E-state index in [0.29, 0.717) is 6.42 Å².